The van der Waals surface area contributed by atoms with E-state index >= 15 is 0 Å². The van der Waals surface area contributed by atoms with Crippen LogP contribution in [-0.4, -0.2) is 17.1 Å². The second kappa shape index (κ2) is 6.89. The largest absolute Gasteiger partial charge is 0.470 e. The Hall–Kier alpha value is -1.95. The molecule has 0 saturated heterocycles. The molecule has 1 aromatic carbocycles. The summed E-state index contributed by atoms with van der Waals surface area (Å²) >= 11 is 4.43. The van der Waals surface area contributed by atoms with E-state index in [-0.39, 0.29) is 23.6 Å². The summed E-state index contributed by atoms with van der Waals surface area (Å²) in [6, 6.07) is 10.1. The van der Waals surface area contributed by atoms with Crippen molar-refractivity contribution < 1.29 is 14.1 Å². The third kappa shape index (κ3) is 3.24. The zero-order valence-electron chi connectivity index (χ0n) is 15.1. The van der Waals surface area contributed by atoms with Crippen LogP contribution in [0.2, 0.25) is 0 Å². The van der Waals surface area contributed by atoms with Crippen molar-refractivity contribution in [1.82, 2.24) is 10.5 Å². The van der Waals surface area contributed by atoms with Crippen LogP contribution >= 0.6 is 12.6 Å². The summed E-state index contributed by atoms with van der Waals surface area (Å²) in [5.41, 5.74) is 1.02. The fourth-order valence-electron chi connectivity index (χ4n) is 5.62. The molecule has 5 nitrogen and oxygen atoms in total. The number of hydrogen-bond acceptors (Lipinski definition) is 5. The van der Waals surface area contributed by atoms with Crippen LogP contribution in [0.25, 0.3) is 0 Å². The van der Waals surface area contributed by atoms with E-state index < -0.39 is 0 Å². The van der Waals surface area contributed by atoms with Gasteiger partial charge in [-0.3, -0.25) is 4.79 Å². The predicted molar refractivity (Wildman–Crippen MR) is 103 cm³/mol. The van der Waals surface area contributed by atoms with Crippen LogP contribution in [0.3, 0.4) is 0 Å². The van der Waals surface area contributed by atoms with Gasteiger partial charge in [-0.2, -0.15) is 0 Å². The van der Waals surface area contributed by atoms with Gasteiger partial charge in [-0.25, -0.2) is 0 Å². The summed E-state index contributed by atoms with van der Waals surface area (Å²) in [6.45, 7) is 0.359. The minimum Gasteiger partial charge on any atom is -0.470 e. The molecule has 0 radical (unpaired) electrons. The number of benzene rings is 1. The first-order valence-corrected chi connectivity index (χ1v) is 10.3. The van der Waals surface area contributed by atoms with Crippen molar-refractivity contribution >= 4 is 18.5 Å². The molecule has 4 aliphatic carbocycles. The van der Waals surface area contributed by atoms with Crippen LogP contribution in [0.1, 0.15) is 48.2 Å². The molecule has 0 spiro atoms. The predicted octanol–water partition coefficient (Wildman–Crippen LogP) is 4.10. The number of thiol groups is 1. The molecule has 1 heterocycles. The van der Waals surface area contributed by atoms with Crippen molar-refractivity contribution in [1.29, 1.82) is 0 Å². The second-order valence-corrected chi connectivity index (χ2v) is 8.82. The molecule has 4 saturated carbocycles. The van der Waals surface area contributed by atoms with E-state index in [0.717, 1.165) is 17.4 Å². The first-order valence-electron chi connectivity index (χ1n) is 9.83. The van der Waals surface area contributed by atoms with Gasteiger partial charge in [0.15, 0.2) is 0 Å². The van der Waals surface area contributed by atoms with Gasteiger partial charge in [-0.1, -0.05) is 30.3 Å². The van der Waals surface area contributed by atoms with Crippen LogP contribution in [0.15, 0.2) is 39.8 Å². The molecule has 1 aromatic heterocycles. The first-order chi connectivity index (χ1) is 13.2. The van der Waals surface area contributed by atoms with Gasteiger partial charge in [0.1, 0.15) is 11.5 Å². The molecule has 1 amide bonds. The molecular formula is C21H24N2O3S. The van der Waals surface area contributed by atoms with E-state index in [2.05, 4.69) is 23.1 Å². The number of hydrogen-bond donors (Lipinski definition) is 2. The Balaban J connectivity index is 1.25. The topological polar surface area (TPSA) is 64.4 Å². The molecule has 27 heavy (non-hydrogen) atoms. The van der Waals surface area contributed by atoms with Crippen LogP contribution in [-0.2, 0) is 6.61 Å². The molecule has 4 fully saturated rings. The minimum absolute atomic E-state index is 0.148. The molecule has 0 aliphatic heterocycles. The van der Waals surface area contributed by atoms with Gasteiger partial charge < -0.3 is 14.6 Å². The number of carbonyl (C=O) groups excluding carboxylic acids is 1. The van der Waals surface area contributed by atoms with Crippen LogP contribution < -0.4 is 10.1 Å². The van der Waals surface area contributed by atoms with Gasteiger partial charge >= 0.3 is 0 Å². The lowest BCUT2D eigenvalue weighted by molar-refractivity contribution is -0.0124. The maximum atomic E-state index is 12.8. The number of carbonyl (C=O) groups is 1. The van der Waals surface area contributed by atoms with Crippen molar-refractivity contribution in [3.05, 3.63) is 41.7 Å². The molecule has 0 unspecified atom stereocenters. The van der Waals surface area contributed by atoms with Gasteiger partial charge in [0.2, 0.25) is 5.76 Å². The fraction of sp³-hybridized carbons (Fsp3) is 0.524. The summed E-state index contributed by atoms with van der Waals surface area (Å²) in [4.78, 5) is 13.2. The fourth-order valence-corrected chi connectivity index (χ4v) is 5.87. The molecule has 4 bridgehead atoms. The lowest BCUT2D eigenvalue weighted by Gasteiger charge is -2.54. The highest BCUT2D eigenvalue weighted by Gasteiger charge is 2.48. The van der Waals surface area contributed by atoms with E-state index in [4.69, 9.17) is 9.26 Å². The Labute approximate surface area is 164 Å². The van der Waals surface area contributed by atoms with Crippen LogP contribution in [0.4, 0.5) is 0 Å². The number of rotatable bonds is 5. The molecule has 0 atom stereocenters. The van der Waals surface area contributed by atoms with Gasteiger partial charge in [-0.15, -0.1) is 12.6 Å². The summed E-state index contributed by atoms with van der Waals surface area (Å²) in [5, 5.41) is 7.13. The highest BCUT2D eigenvalue weighted by atomic mass is 32.1. The second-order valence-electron chi connectivity index (χ2n) is 8.37. The monoisotopic (exact) mass is 384 g/mol. The third-order valence-electron chi connectivity index (χ3n) is 6.59. The van der Waals surface area contributed by atoms with Crippen molar-refractivity contribution in [3.8, 4) is 5.88 Å². The first kappa shape index (κ1) is 17.2. The highest BCUT2D eigenvalue weighted by Crippen LogP contribution is 2.53. The van der Waals surface area contributed by atoms with Crippen molar-refractivity contribution in [3.63, 3.8) is 0 Å². The summed E-state index contributed by atoms with van der Waals surface area (Å²) in [5.74, 6) is 3.18. The average Bonchev–Trinajstić information content (AvgIpc) is 3.04. The lowest BCUT2D eigenvalue weighted by Crippen LogP contribution is -2.55. The summed E-state index contributed by atoms with van der Waals surface area (Å²) in [6.07, 6.45) is 6.43. The molecule has 4 aliphatic rings. The van der Waals surface area contributed by atoms with Gasteiger partial charge in [-0.05, 0) is 66.5 Å². The standard InChI is InChI=1S/C21H24N2O3S/c24-20(22-17-15-7-13-6-14(9-15)10-16(17)8-13)18-19(27)21(23-26-18)25-11-12-4-2-1-3-5-12/h1-5,13-17,27H,6-11H2,(H,22,24). The van der Waals surface area contributed by atoms with Gasteiger partial charge in [0, 0.05) is 6.04 Å². The Morgan fingerprint density at radius 1 is 1.11 bits per heavy atom. The summed E-state index contributed by atoms with van der Waals surface area (Å²) in [7, 11) is 0. The quantitative estimate of drug-likeness (QED) is 0.762. The molecule has 6 rings (SSSR count). The maximum Gasteiger partial charge on any atom is 0.291 e. The number of amides is 1. The molecular weight excluding hydrogens is 360 g/mol. The van der Waals surface area contributed by atoms with E-state index in [0.29, 0.717) is 23.3 Å². The Morgan fingerprint density at radius 2 is 1.78 bits per heavy atom. The Kier molecular flexibility index (Phi) is 4.38. The normalized spacial score (nSPS) is 31.1. The molecule has 2 aromatic rings. The van der Waals surface area contributed by atoms with Crippen molar-refractivity contribution in [2.24, 2.45) is 23.7 Å². The molecule has 142 valence electrons. The van der Waals surface area contributed by atoms with Crippen LogP contribution in [0.5, 0.6) is 5.88 Å². The van der Waals surface area contributed by atoms with Gasteiger partial charge in [0.25, 0.3) is 11.8 Å². The highest BCUT2D eigenvalue weighted by molar-refractivity contribution is 7.80. The van der Waals surface area contributed by atoms with E-state index in [1.807, 2.05) is 30.3 Å². The third-order valence-corrected chi connectivity index (χ3v) is 6.98. The molecule has 6 heteroatoms. The minimum atomic E-state index is -0.223. The van der Waals surface area contributed by atoms with E-state index in [9.17, 15) is 4.79 Å². The smallest absolute Gasteiger partial charge is 0.291 e. The van der Waals surface area contributed by atoms with E-state index in [1.54, 1.807) is 0 Å². The SMILES string of the molecule is O=C(NC1C2CC3CC(C2)CC1C3)c1onc(OCc2ccccc2)c1S. The maximum absolute atomic E-state index is 12.8. The van der Waals surface area contributed by atoms with Crippen molar-refractivity contribution in [2.45, 2.75) is 49.6 Å². The number of nitrogens with one attached hydrogen (secondary N) is 1. The van der Waals surface area contributed by atoms with Crippen molar-refractivity contribution in [2.75, 3.05) is 0 Å². The summed E-state index contributed by atoms with van der Waals surface area (Å²) < 4.78 is 11.0. The van der Waals surface area contributed by atoms with Gasteiger partial charge in [0.05, 0.1) is 0 Å². The average molecular weight is 385 g/mol. The number of nitrogens with zero attached hydrogens (tertiary/aromatic N) is 1. The molecule has 1 N–H and O–H groups in total. The zero-order chi connectivity index (χ0) is 18.4. The zero-order valence-corrected chi connectivity index (χ0v) is 16.0. The van der Waals surface area contributed by atoms with Crippen LogP contribution in [0, 0.1) is 23.7 Å². The lowest BCUT2D eigenvalue weighted by atomic mass is 9.54. The number of ether oxygens (including phenoxy) is 1. The Morgan fingerprint density at radius 3 is 2.44 bits per heavy atom. The van der Waals surface area contributed by atoms with E-state index in [1.165, 1.54) is 32.1 Å². The Bertz CT molecular complexity index is 807. The number of aromatic nitrogens is 1.